The van der Waals surface area contributed by atoms with Crippen LogP contribution < -0.4 is 0 Å². The van der Waals surface area contributed by atoms with E-state index in [4.69, 9.17) is 9.47 Å². The third-order valence-electron chi connectivity index (χ3n) is 3.94. The smallest absolute Gasteiger partial charge is 0.410 e. The molecule has 0 aliphatic carbocycles. The van der Waals surface area contributed by atoms with Gasteiger partial charge in [-0.15, -0.1) is 0 Å². The molecule has 2 rings (SSSR count). The van der Waals surface area contributed by atoms with E-state index in [0.717, 1.165) is 38.0 Å². The Morgan fingerprint density at radius 2 is 2.21 bits per heavy atom. The Hall–Kier alpha value is -1.69. The van der Waals surface area contributed by atoms with Crippen molar-refractivity contribution in [1.82, 2.24) is 14.9 Å². The lowest BCUT2D eigenvalue weighted by Gasteiger charge is -2.34. The number of likely N-dealkylation sites (tertiary alicyclic amines) is 1. The topological polar surface area (TPSA) is 64.5 Å². The lowest BCUT2D eigenvalue weighted by Crippen LogP contribution is -2.42. The van der Waals surface area contributed by atoms with Crippen molar-refractivity contribution < 1.29 is 14.3 Å². The molecule has 0 N–H and O–H groups in total. The average molecular weight is 335 g/mol. The summed E-state index contributed by atoms with van der Waals surface area (Å²) in [7, 11) is 0. The van der Waals surface area contributed by atoms with Gasteiger partial charge in [0.2, 0.25) is 0 Å². The van der Waals surface area contributed by atoms with Gasteiger partial charge in [0.05, 0.1) is 18.5 Å². The molecule has 1 aliphatic rings. The van der Waals surface area contributed by atoms with Gasteiger partial charge in [-0.05, 0) is 52.4 Å². The standard InChI is InChI=1S/C18H29N3O3/c1-18(2,3)24-17(22)21-10-4-6-15(13-21)7-5-11-23-14-16-12-19-8-9-20-16/h8-9,12,15H,4-7,10-11,13-14H2,1-3H3/t15-/m1/s1. The van der Waals surface area contributed by atoms with Gasteiger partial charge in [-0.2, -0.15) is 0 Å². The molecule has 1 aromatic heterocycles. The molecule has 1 amide bonds. The summed E-state index contributed by atoms with van der Waals surface area (Å²) < 4.78 is 11.1. The summed E-state index contributed by atoms with van der Waals surface area (Å²) in [5, 5.41) is 0. The Bertz CT molecular complexity index is 502. The lowest BCUT2D eigenvalue weighted by molar-refractivity contribution is 0.0155. The zero-order valence-corrected chi connectivity index (χ0v) is 15.0. The fourth-order valence-electron chi connectivity index (χ4n) is 2.85. The quantitative estimate of drug-likeness (QED) is 0.745. The predicted octanol–water partition coefficient (Wildman–Crippen LogP) is 3.42. The van der Waals surface area contributed by atoms with E-state index in [9.17, 15) is 4.79 Å². The van der Waals surface area contributed by atoms with E-state index in [1.165, 1.54) is 6.42 Å². The van der Waals surface area contributed by atoms with Crippen LogP contribution in [0, 0.1) is 5.92 Å². The number of piperidine rings is 1. The van der Waals surface area contributed by atoms with Gasteiger partial charge in [0.25, 0.3) is 0 Å². The molecule has 2 heterocycles. The van der Waals surface area contributed by atoms with E-state index >= 15 is 0 Å². The van der Waals surface area contributed by atoms with Crippen LogP contribution in [0.1, 0.15) is 52.1 Å². The summed E-state index contributed by atoms with van der Waals surface area (Å²) in [6.45, 7) is 8.51. The Labute approximate surface area is 144 Å². The maximum atomic E-state index is 12.2. The van der Waals surface area contributed by atoms with E-state index in [-0.39, 0.29) is 6.09 Å². The van der Waals surface area contributed by atoms with E-state index < -0.39 is 5.60 Å². The summed E-state index contributed by atoms with van der Waals surface area (Å²) in [6, 6.07) is 0. The minimum Gasteiger partial charge on any atom is -0.444 e. The van der Waals surface area contributed by atoms with Crippen LogP contribution in [0.25, 0.3) is 0 Å². The average Bonchev–Trinajstić information content (AvgIpc) is 2.54. The Balaban J connectivity index is 1.63. The molecule has 6 nitrogen and oxygen atoms in total. The van der Waals surface area contributed by atoms with Crippen molar-refractivity contribution in [1.29, 1.82) is 0 Å². The Morgan fingerprint density at radius 3 is 2.92 bits per heavy atom. The number of carbonyl (C=O) groups is 1. The predicted molar refractivity (Wildman–Crippen MR) is 91.5 cm³/mol. The van der Waals surface area contributed by atoms with Crippen LogP contribution in [0.15, 0.2) is 18.6 Å². The van der Waals surface area contributed by atoms with E-state index in [0.29, 0.717) is 19.1 Å². The van der Waals surface area contributed by atoms with E-state index in [1.54, 1.807) is 18.6 Å². The lowest BCUT2D eigenvalue weighted by atomic mass is 9.94. The monoisotopic (exact) mass is 335 g/mol. The normalized spacial score (nSPS) is 18.5. The minimum absolute atomic E-state index is 0.189. The number of hydrogen-bond donors (Lipinski definition) is 0. The SMILES string of the molecule is CC(C)(C)OC(=O)N1CCC[C@H](CCCOCc2cnccn2)C1. The number of rotatable bonds is 6. The second-order valence-corrected chi connectivity index (χ2v) is 7.33. The molecule has 24 heavy (non-hydrogen) atoms. The van der Waals surface area contributed by atoms with E-state index in [2.05, 4.69) is 9.97 Å². The highest BCUT2D eigenvalue weighted by Gasteiger charge is 2.27. The molecule has 0 radical (unpaired) electrons. The largest absolute Gasteiger partial charge is 0.444 e. The third-order valence-corrected chi connectivity index (χ3v) is 3.94. The molecule has 0 saturated carbocycles. The highest BCUT2D eigenvalue weighted by atomic mass is 16.6. The summed E-state index contributed by atoms with van der Waals surface area (Å²) in [5.41, 5.74) is 0.421. The first-order chi connectivity index (χ1) is 11.4. The molecule has 1 fully saturated rings. The Morgan fingerprint density at radius 1 is 1.38 bits per heavy atom. The summed E-state index contributed by atoms with van der Waals surface area (Å²) in [6.07, 6.45) is 9.14. The zero-order chi connectivity index (χ0) is 17.4. The number of amides is 1. The maximum Gasteiger partial charge on any atom is 0.410 e. The summed E-state index contributed by atoms with van der Waals surface area (Å²) in [4.78, 5) is 22.2. The van der Waals surface area contributed by atoms with Crippen LogP contribution in [0.4, 0.5) is 4.79 Å². The number of carbonyl (C=O) groups excluding carboxylic acids is 1. The molecule has 1 atom stereocenters. The van der Waals surface area contributed by atoms with Gasteiger partial charge in [0.15, 0.2) is 0 Å². The van der Waals surface area contributed by atoms with Gasteiger partial charge >= 0.3 is 6.09 Å². The van der Waals surface area contributed by atoms with Gasteiger partial charge in [0.1, 0.15) is 5.60 Å². The van der Waals surface area contributed by atoms with Gasteiger partial charge in [0, 0.05) is 32.1 Å². The molecule has 1 aliphatic heterocycles. The second-order valence-electron chi connectivity index (χ2n) is 7.33. The number of aromatic nitrogens is 2. The van der Waals surface area contributed by atoms with Crippen molar-refractivity contribution in [2.45, 2.75) is 58.7 Å². The van der Waals surface area contributed by atoms with Crippen LogP contribution in [-0.2, 0) is 16.1 Å². The molecule has 1 aromatic rings. The van der Waals surface area contributed by atoms with Crippen LogP contribution in [0.2, 0.25) is 0 Å². The summed E-state index contributed by atoms with van der Waals surface area (Å²) in [5.74, 6) is 0.534. The van der Waals surface area contributed by atoms with Crippen LogP contribution in [0.5, 0.6) is 0 Å². The van der Waals surface area contributed by atoms with Crippen molar-refractivity contribution in [3.8, 4) is 0 Å². The highest BCUT2D eigenvalue weighted by Crippen LogP contribution is 2.22. The number of hydrogen-bond acceptors (Lipinski definition) is 5. The second kappa shape index (κ2) is 8.97. The van der Waals surface area contributed by atoms with Crippen molar-refractivity contribution in [3.63, 3.8) is 0 Å². The molecular formula is C18H29N3O3. The van der Waals surface area contributed by atoms with Crippen LogP contribution in [-0.4, -0.2) is 46.3 Å². The van der Waals surface area contributed by atoms with Crippen LogP contribution in [0.3, 0.4) is 0 Å². The van der Waals surface area contributed by atoms with Crippen LogP contribution >= 0.6 is 0 Å². The van der Waals surface area contributed by atoms with Gasteiger partial charge in [-0.3, -0.25) is 9.97 Å². The first-order valence-corrected chi connectivity index (χ1v) is 8.74. The molecular weight excluding hydrogens is 306 g/mol. The first kappa shape index (κ1) is 18.6. The van der Waals surface area contributed by atoms with E-state index in [1.807, 2.05) is 25.7 Å². The van der Waals surface area contributed by atoms with Crippen molar-refractivity contribution in [2.75, 3.05) is 19.7 Å². The molecule has 134 valence electrons. The van der Waals surface area contributed by atoms with Crippen molar-refractivity contribution >= 4 is 6.09 Å². The minimum atomic E-state index is -0.432. The number of ether oxygens (including phenoxy) is 2. The number of nitrogens with zero attached hydrogens (tertiary/aromatic N) is 3. The molecule has 0 aromatic carbocycles. The van der Waals surface area contributed by atoms with Crippen molar-refractivity contribution in [3.05, 3.63) is 24.3 Å². The maximum absolute atomic E-state index is 12.2. The zero-order valence-electron chi connectivity index (χ0n) is 15.0. The first-order valence-electron chi connectivity index (χ1n) is 8.74. The Kier molecular flexibility index (Phi) is 6.97. The van der Waals surface area contributed by atoms with Gasteiger partial charge in [-0.25, -0.2) is 4.79 Å². The highest BCUT2D eigenvalue weighted by molar-refractivity contribution is 5.68. The van der Waals surface area contributed by atoms with Gasteiger partial charge < -0.3 is 14.4 Å². The molecule has 0 spiro atoms. The van der Waals surface area contributed by atoms with Crippen molar-refractivity contribution in [2.24, 2.45) is 5.92 Å². The molecule has 0 unspecified atom stereocenters. The molecule has 6 heteroatoms. The molecule has 1 saturated heterocycles. The molecule has 0 bridgehead atoms. The fraction of sp³-hybridized carbons (Fsp3) is 0.722. The summed E-state index contributed by atoms with van der Waals surface area (Å²) >= 11 is 0. The van der Waals surface area contributed by atoms with Gasteiger partial charge in [-0.1, -0.05) is 0 Å². The third kappa shape index (κ3) is 6.83. The fourth-order valence-corrected chi connectivity index (χ4v) is 2.85.